The van der Waals surface area contributed by atoms with Crippen LogP contribution in [-0.4, -0.2) is 24.5 Å². The Hall–Kier alpha value is -3.09. The van der Waals surface area contributed by atoms with Gasteiger partial charge in [-0.15, -0.1) is 0 Å². The van der Waals surface area contributed by atoms with E-state index < -0.39 is 23.7 Å². The first-order valence-electron chi connectivity index (χ1n) is 6.88. The van der Waals surface area contributed by atoms with Crippen molar-refractivity contribution in [2.75, 3.05) is 6.61 Å². The largest absolute Gasteiger partial charge is 0.485 e. The van der Waals surface area contributed by atoms with Gasteiger partial charge in [-0.3, -0.25) is 20.4 Å². The number of hydrogen-bond donors (Lipinski definition) is 2. The summed E-state index contributed by atoms with van der Waals surface area (Å²) in [5, 5.41) is 0. The molecule has 118 valence electrons. The molecule has 1 aliphatic heterocycles. The molecule has 2 amide bonds. The van der Waals surface area contributed by atoms with Crippen molar-refractivity contribution < 1.29 is 23.5 Å². The minimum absolute atomic E-state index is 0.0265. The van der Waals surface area contributed by atoms with Crippen molar-refractivity contribution in [3.63, 3.8) is 0 Å². The molecule has 0 fully saturated rings. The Kier molecular flexibility index (Phi) is 4.09. The second kappa shape index (κ2) is 6.35. The van der Waals surface area contributed by atoms with Crippen LogP contribution in [0.5, 0.6) is 11.5 Å². The van der Waals surface area contributed by atoms with Crippen LogP contribution in [0.15, 0.2) is 48.5 Å². The number of nitrogens with one attached hydrogen (secondary N) is 2. The van der Waals surface area contributed by atoms with Crippen molar-refractivity contribution in [1.29, 1.82) is 0 Å². The summed E-state index contributed by atoms with van der Waals surface area (Å²) < 4.78 is 24.0. The standard InChI is InChI=1S/C16H13FN2O4/c17-11-5-3-4-10(8-11)15(20)18-19-16(21)14-9-22-12-6-1-2-7-13(12)23-14/h1-8,14H,9H2,(H,18,20)(H,19,21). The number of hydrazine groups is 1. The Labute approximate surface area is 131 Å². The highest BCUT2D eigenvalue weighted by atomic mass is 19.1. The molecule has 1 unspecified atom stereocenters. The van der Waals surface area contributed by atoms with Crippen LogP contribution in [0.3, 0.4) is 0 Å². The Morgan fingerprint density at radius 1 is 1.04 bits per heavy atom. The first-order valence-corrected chi connectivity index (χ1v) is 6.88. The van der Waals surface area contributed by atoms with Gasteiger partial charge in [-0.05, 0) is 30.3 Å². The normalized spacial score (nSPS) is 15.6. The molecule has 3 rings (SSSR count). The molecular formula is C16H13FN2O4. The lowest BCUT2D eigenvalue weighted by Crippen LogP contribution is -2.50. The first kappa shape index (κ1) is 14.8. The third-order valence-electron chi connectivity index (χ3n) is 3.19. The van der Waals surface area contributed by atoms with E-state index in [1.165, 1.54) is 18.2 Å². The third kappa shape index (κ3) is 3.39. The SMILES string of the molecule is O=C(NNC(=O)C1COc2ccccc2O1)c1cccc(F)c1. The van der Waals surface area contributed by atoms with Crippen LogP contribution in [0.4, 0.5) is 4.39 Å². The topological polar surface area (TPSA) is 76.7 Å². The third-order valence-corrected chi connectivity index (χ3v) is 3.19. The smallest absolute Gasteiger partial charge is 0.283 e. The van der Waals surface area contributed by atoms with E-state index >= 15 is 0 Å². The van der Waals surface area contributed by atoms with Gasteiger partial charge in [-0.2, -0.15) is 0 Å². The number of halogens is 1. The zero-order valence-electron chi connectivity index (χ0n) is 11.9. The van der Waals surface area contributed by atoms with Crippen LogP contribution in [0.2, 0.25) is 0 Å². The van der Waals surface area contributed by atoms with Crippen LogP contribution < -0.4 is 20.3 Å². The average molecular weight is 316 g/mol. The quantitative estimate of drug-likeness (QED) is 0.822. The van der Waals surface area contributed by atoms with Gasteiger partial charge in [0.1, 0.15) is 12.4 Å². The maximum Gasteiger partial charge on any atom is 0.283 e. The van der Waals surface area contributed by atoms with E-state index in [4.69, 9.17) is 9.47 Å². The highest BCUT2D eigenvalue weighted by Gasteiger charge is 2.27. The molecule has 1 heterocycles. The van der Waals surface area contributed by atoms with Crippen molar-refractivity contribution in [3.8, 4) is 11.5 Å². The second-order valence-corrected chi connectivity index (χ2v) is 4.82. The molecule has 0 radical (unpaired) electrons. The summed E-state index contributed by atoms with van der Waals surface area (Å²) in [5.41, 5.74) is 4.54. The van der Waals surface area contributed by atoms with Gasteiger partial charge in [0.05, 0.1) is 0 Å². The number of ether oxygens (including phenoxy) is 2. The minimum atomic E-state index is -0.891. The van der Waals surface area contributed by atoms with Crippen LogP contribution in [-0.2, 0) is 4.79 Å². The van der Waals surface area contributed by atoms with Crippen LogP contribution >= 0.6 is 0 Å². The summed E-state index contributed by atoms with van der Waals surface area (Å²) in [5.74, 6) is -0.723. The first-order chi connectivity index (χ1) is 11.1. The highest BCUT2D eigenvalue weighted by Crippen LogP contribution is 2.30. The second-order valence-electron chi connectivity index (χ2n) is 4.82. The van der Waals surface area contributed by atoms with Gasteiger partial charge in [-0.25, -0.2) is 4.39 Å². The zero-order chi connectivity index (χ0) is 16.2. The van der Waals surface area contributed by atoms with Crippen molar-refractivity contribution >= 4 is 11.8 Å². The molecule has 23 heavy (non-hydrogen) atoms. The fraction of sp³-hybridized carbons (Fsp3) is 0.125. The molecule has 2 N–H and O–H groups in total. The number of benzene rings is 2. The van der Waals surface area contributed by atoms with Crippen molar-refractivity contribution in [2.24, 2.45) is 0 Å². The molecule has 0 saturated carbocycles. The molecule has 2 aromatic rings. The average Bonchev–Trinajstić information content (AvgIpc) is 2.59. The fourth-order valence-corrected chi connectivity index (χ4v) is 2.05. The van der Waals surface area contributed by atoms with Gasteiger partial charge in [0.15, 0.2) is 11.5 Å². The van der Waals surface area contributed by atoms with Gasteiger partial charge in [0.25, 0.3) is 11.8 Å². The Morgan fingerprint density at radius 3 is 2.61 bits per heavy atom. The predicted octanol–water partition coefficient (Wildman–Crippen LogP) is 1.43. The number of carbonyl (C=O) groups is 2. The molecule has 0 spiro atoms. The molecule has 7 heteroatoms. The van der Waals surface area contributed by atoms with Crippen molar-refractivity contribution in [1.82, 2.24) is 10.9 Å². The molecule has 0 saturated heterocycles. The van der Waals surface area contributed by atoms with Gasteiger partial charge in [0, 0.05) is 5.56 Å². The highest BCUT2D eigenvalue weighted by molar-refractivity contribution is 5.95. The van der Waals surface area contributed by atoms with E-state index in [2.05, 4.69) is 10.9 Å². The molecule has 0 aliphatic carbocycles. The monoisotopic (exact) mass is 316 g/mol. The molecule has 0 aromatic heterocycles. The zero-order valence-corrected chi connectivity index (χ0v) is 11.9. The summed E-state index contributed by atoms with van der Waals surface area (Å²) in [4.78, 5) is 23.8. The van der Waals surface area contributed by atoms with Crippen LogP contribution in [0.1, 0.15) is 10.4 Å². The number of hydrogen-bond acceptors (Lipinski definition) is 4. The molecule has 2 aromatic carbocycles. The molecule has 1 aliphatic rings. The van der Waals surface area contributed by atoms with Crippen molar-refractivity contribution in [2.45, 2.75) is 6.10 Å². The summed E-state index contributed by atoms with van der Waals surface area (Å²) in [6.07, 6.45) is -0.891. The van der Waals surface area contributed by atoms with Gasteiger partial charge >= 0.3 is 0 Å². The van der Waals surface area contributed by atoms with E-state index in [9.17, 15) is 14.0 Å². The van der Waals surface area contributed by atoms with E-state index in [0.29, 0.717) is 11.5 Å². The molecule has 0 bridgehead atoms. The van der Waals surface area contributed by atoms with E-state index in [1.807, 2.05) is 0 Å². The molecule has 6 nitrogen and oxygen atoms in total. The number of para-hydroxylation sites is 2. The van der Waals surface area contributed by atoms with Gasteiger partial charge < -0.3 is 9.47 Å². The lowest BCUT2D eigenvalue weighted by Gasteiger charge is -2.25. The number of amides is 2. The summed E-state index contributed by atoms with van der Waals surface area (Å²) in [7, 11) is 0. The van der Waals surface area contributed by atoms with E-state index in [1.54, 1.807) is 24.3 Å². The maximum atomic E-state index is 13.1. The van der Waals surface area contributed by atoms with E-state index in [0.717, 1.165) is 6.07 Å². The van der Waals surface area contributed by atoms with E-state index in [-0.39, 0.29) is 12.2 Å². The predicted molar refractivity (Wildman–Crippen MR) is 78.4 cm³/mol. The minimum Gasteiger partial charge on any atom is -0.485 e. The Bertz CT molecular complexity index is 750. The number of carbonyl (C=O) groups excluding carboxylic acids is 2. The fourth-order valence-electron chi connectivity index (χ4n) is 2.05. The number of rotatable bonds is 2. The van der Waals surface area contributed by atoms with Gasteiger partial charge in [0.2, 0.25) is 6.10 Å². The lowest BCUT2D eigenvalue weighted by atomic mass is 10.2. The van der Waals surface area contributed by atoms with Crippen molar-refractivity contribution in [3.05, 3.63) is 59.9 Å². The summed E-state index contributed by atoms with van der Waals surface area (Å²) in [6.45, 7) is 0.0265. The van der Waals surface area contributed by atoms with Crippen LogP contribution in [0, 0.1) is 5.82 Å². The molecular weight excluding hydrogens is 303 g/mol. The number of fused-ring (bicyclic) bond motifs is 1. The molecule has 1 atom stereocenters. The Balaban J connectivity index is 1.57. The summed E-state index contributed by atoms with van der Waals surface area (Å²) >= 11 is 0. The van der Waals surface area contributed by atoms with Gasteiger partial charge in [-0.1, -0.05) is 18.2 Å². The lowest BCUT2D eigenvalue weighted by molar-refractivity contribution is -0.131. The maximum absolute atomic E-state index is 13.1. The summed E-state index contributed by atoms with van der Waals surface area (Å²) in [6, 6.07) is 12.1. The Morgan fingerprint density at radius 2 is 1.83 bits per heavy atom. The van der Waals surface area contributed by atoms with Crippen LogP contribution in [0.25, 0.3) is 0 Å².